The Balaban J connectivity index is 1.34. The summed E-state index contributed by atoms with van der Waals surface area (Å²) in [5, 5.41) is 11.1. The Hall–Kier alpha value is -2.57. The molecule has 1 aromatic carbocycles. The van der Waals surface area contributed by atoms with Crippen LogP contribution in [-0.2, 0) is 6.54 Å². The standard InChI is InChI=1S/C25H30ClN3O3/c1-2-3-11-29-17-22(20-5-4-10-27-24(20)29)18-8-12-28(13-9-18)14-15-32-23-16-19(26)6-7-21(23)25(30)31/h4-7,10,16-18H,2-3,8-9,11-15H2,1H3,(H,30,31). The van der Waals surface area contributed by atoms with Crippen LogP contribution in [0.25, 0.3) is 11.0 Å². The van der Waals surface area contributed by atoms with Crippen molar-refractivity contribution in [2.75, 3.05) is 26.2 Å². The van der Waals surface area contributed by atoms with E-state index in [1.807, 2.05) is 12.3 Å². The van der Waals surface area contributed by atoms with Gasteiger partial charge < -0.3 is 14.4 Å². The van der Waals surface area contributed by atoms with Crippen LogP contribution in [0, 0.1) is 0 Å². The number of halogens is 1. The van der Waals surface area contributed by atoms with E-state index in [4.69, 9.17) is 16.3 Å². The average molecular weight is 456 g/mol. The number of aromatic nitrogens is 2. The van der Waals surface area contributed by atoms with Gasteiger partial charge in [-0.05, 0) is 74.2 Å². The van der Waals surface area contributed by atoms with Crippen LogP contribution in [0.2, 0.25) is 5.02 Å². The van der Waals surface area contributed by atoms with Crippen LogP contribution < -0.4 is 4.74 Å². The largest absolute Gasteiger partial charge is 0.491 e. The Kier molecular flexibility index (Phi) is 7.33. The van der Waals surface area contributed by atoms with Gasteiger partial charge in [0, 0.05) is 35.9 Å². The molecule has 32 heavy (non-hydrogen) atoms. The number of rotatable bonds is 9. The number of likely N-dealkylation sites (tertiary alicyclic amines) is 1. The molecule has 0 atom stereocenters. The Bertz CT molecular complexity index is 1070. The molecule has 2 aromatic heterocycles. The van der Waals surface area contributed by atoms with Crippen molar-refractivity contribution in [1.29, 1.82) is 0 Å². The van der Waals surface area contributed by atoms with E-state index in [0.29, 0.717) is 23.3 Å². The molecule has 3 heterocycles. The topological polar surface area (TPSA) is 67.6 Å². The van der Waals surface area contributed by atoms with Crippen LogP contribution in [-0.4, -0.2) is 51.8 Å². The van der Waals surface area contributed by atoms with E-state index in [1.54, 1.807) is 12.1 Å². The zero-order chi connectivity index (χ0) is 22.5. The van der Waals surface area contributed by atoms with Gasteiger partial charge >= 0.3 is 5.97 Å². The lowest BCUT2D eigenvalue weighted by Crippen LogP contribution is -2.35. The van der Waals surface area contributed by atoms with Gasteiger partial charge in [-0.25, -0.2) is 9.78 Å². The summed E-state index contributed by atoms with van der Waals surface area (Å²) in [5.74, 6) is -0.148. The molecule has 6 nitrogen and oxygen atoms in total. The molecule has 0 unspecified atom stereocenters. The van der Waals surface area contributed by atoms with E-state index < -0.39 is 5.97 Å². The first-order valence-corrected chi connectivity index (χ1v) is 11.8. The number of nitrogens with zero attached hydrogens (tertiary/aromatic N) is 3. The summed E-state index contributed by atoms with van der Waals surface area (Å²) in [7, 11) is 0. The fourth-order valence-corrected chi connectivity index (χ4v) is 4.68. The number of benzene rings is 1. The van der Waals surface area contributed by atoms with Crippen LogP contribution in [0.4, 0.5) is 0 Å². The van der Waals surface area contributed by atoms with Crippen LogP contribution in [0.5, 0.6) is 5.75 Å². The predicted octanol–water partition coefficient (Wildman–Crippen LogP) is 5.45. The minimum atomic E-state index is -1.01. The van der Waals surface area contributed by atoms with Crippen molar-refractivity contribution in [2.24, 2.45) is 0 Å². The summed E-state index contributed by atoms with van der Waals surface area (Å²) in [6, 6.07) is 8.85. The van der Waals surface area contributed by atoms with Gasteiger partial charge in [-0.1, -0.05) is 24.9 Å². The molecule has 7 heteroatoms. The molecule has 0 amide bonds. The number of pyridine rings is 1. The van der Waals surface area contributed by atoms with Crippen molar-refractivity contribution in [2.45, 2.75) is 45.1 Å². The van der Waals surface area contributed by atoms with E-state index in [-0.39, 0.29) is 5.56 Å². The number of aryl methyl sites for hydroxylation is 1. The lowest BCUT2D eigenvalue weighted by molar-refractivity contribution is 0.0691. The molecule has 1 fully saturated rings. The first-order chi connectivity index (χ1) is 15.6. The highest BCUT2D eigenvalue weighted by molar-refractivity contribution is 6.30. The SMILES string of the molecule is CCCCn1cc(C2CCN(CCOc3cc(Cl)ccc3C(=O)O)CC2)c2cccnc21. The molecular formula is C25H30ClN3O3. The lowest BCUT2D eigenvalue weighted by atomic mass is 9.89. The van der Waals surface area contributed by atoms with Crippen molar-refractivity contribution in [3.05, 3.63) is 58.9 Å². The monoisotopic (exact) mass is 455 g/mol. The molecule has 0 radical (unpaired) electrons. The van der Waals surface area contributed by atoms with Gasteiger partial charge in [0.25, 0.3) is 0 Å². The Morgan fingerprint density at radius 1 is 1.25 bits per heavy atom. The molecule has 0 bridgehead atoms. The van der Waals surface area contributed by atoms with Gasteiger partial charge in [0.2, 0.25) is 0 Å². The number of carboxylic acids is 1. The van der Waals surface area contributed by atoms with Gasteiger partial charge in [-0.15, -0.1) is 0 Å². The Morgan fingerprint density at radius 2 is 2.06 bits per heavy atom. The summed E-state index contributed by atoms with van der Waals surface area (Å²) in [6.45, 7) is 6.43. The van der Waals surface area contributed by atoms with Crippen molar-refractivity contribution in [1.82, 2.24) is 14.5 Å². The molecule has 1 aliphatic rings. The zero-order valence-corrected chi connectivity index (χ0v) is 19.2. The van der Waals surface area contributed by atoms with E-state index >= 15 is 0 Å². The molecule has 1 N–H and O–H groups in total. The number of piperidine rings is 1. The molecule has 1 saturated heterocycles. The molecule has 3 aromatic rings. The average Bonchev–Trinajstić information content (AvgIpc) is 3.17. The first kappa shape index (κ1) is 22.6. The predicted molar refractivity (Wildman–Crippen MR) is 127 cm³/mol. The second kappa shape index (κ2) is 10.4. The molecule has 4 rings (SSSR count). The van der Waals surface area contributed by atoms with Crippen molar-refractivity contribution >= 4 is 28.6 Å². The molecule has 170 valence electrons. The van der Waals surface area contributed by atoms with Gasteiger partial charge in [0.15, 0.2) is 0 Å². The van der Waals surface area contributed by atoms with E-state index in [0.717, 1.165) is 51.1 Å². The third-order valence-electron chi connectivity index (χ3n) is 6.28. The molecule has 0 spiro atoms. The summed E-state index contributed by atoms with van der Waals surface area (Å²) >= 11 is 6.01. The number of aromatic carboxylic acids is 1. The smallest absolute Gasteiger partial charge is 0.339 e. The number of hydrogen-bond donors (Lipinski definition) is 1. The highest BCUT2D eigenvalue weighted by Crippen LogP contribution is 2.34. The Morgan fingerprint density at radius 3 is 2.81 bits per heavy atom. The highest BCUT2D eigenvalue weighted by atomic mass is 35.5. The fraction of sp³-hybridized carbons (Fsp3) is 0.440. The van der Waals surface area contributed by atoms with Crippen LogP contribution >= 0.6 is 11.6 Å². The summed E-state index contributed by atoms with van der Waals surface area (Å²) in [6.07, 6.45) is 8.73. The summed E-state index contributed by atoms with van der Waals surface area (Å²) in [4.78, 5) is 18.4. The quantitative estimate of drug-likeness (QED) is 0.465. The van der Waals surface area contributed by atoms with E-state index in [2.05, 4.69) is 33.6 Å². The normalized spacial score (nSPS) is 15.3. The van der Waals surface area contributed by atoms with Gasteiger partial charge in [0.05, 0.1) is 0 Å². The molecule has 0 saturated carbocycles. The van der Waals surface area contributed by atoms with Gasteiger partial charge in [0.1, 0.15) is 23.6 Å². The number of unbranched alkanes of at least 4 members (excludes halogenated alkanes) is 1. The number of hydrogen-bond acceptors (Lipinski definition) is 4. The lowest BCUT2D eigenvalue weighted by Gasteiger charge is -2.31. The van der Waals surface area contributed by atoms with Crippen molar-refractivity contribution < 1.29 is 14.6 Å². The van der Waals surface area contributed by atoms with Crippen molar-refractivity contribution in [3.63, 3.8) is 0 Å². The number of carbonyl (C=O) groups is 1. The van der Waals surface area contributed by atoms with Gasteiger partial charge in [-0.3, -0.25) is 4.90 Å². The van der Waals surface area contributed by atoms with Crippen LogP contribution in [0.1, 0.15) is 54.4 Å². The maximum atomic E-state index is 11.4. The minimum absolute atomic E-state index is 0.140. The summed E-state index contributed by atoms with van der Waals surface area (Å²) in [5.41, 5.74) is 2.66. The van der Waals surface area contributed by atoms with E-state index in [1.165, 1.54) is 23.4 Å². The number of carboxylic acid groups (broad SMARTS) is 1. The summed E-state index contributed by atoms with van der Waals surface area (Å²) < 4.78 is 8.09. The van der Waals surface area contributed by atoms with E-state index in [9.17, 15) is 9.90 Å². The fourth-order valence-electron chi connectivity index (χ4n) is 4.52. The molecular weight excluding hydrogens is 426 g/mol. The number of fused-ring (bicyclic) bond motifs is 1. The van der Waals surface area contributed by atoms with Crippen LogP contribution in [0.15, 0.2) is 42.7 Å². The highest BCUT2D eigenvalue weighted by Gasteiger charge is 2.24. The maximum Gasteiger partial charge on any atom is 0.339 e. The number of ether oxygens (including phenoxy) is 1. The Labute approximate surface area is 193 Å². The zero-order valence-electron chi connectivity index (χ0n) is 18.5. The second-order valence-corrected chi connectivity index (χ2v) is 8.85. The third kappa shape index (κ3) is 5.08. The van der Waals surface area contributed by atoms with Crippen molar-refractivity contribution in [3.8, 4) is 5.75 Å². The minimum Gasteiger partial charge on any atom is -0.491 e. The molecule has 1 aliphatic heterocycles. The maximum absolute atomic E-state index is 11.4. The van der Waals surface area contributed by atoms with Gasteiger partial charge in [-0.2, -0.15) is 0 Å². The first-order valence-electron chi connectivity index (χ1n) is 11.4. The van der Waals surface area contributed by atoms with Crippen LogP contribution in [0.3, 0.4) is 0 Å². The third-order valence-corrected chi connectivity index (χ3v) is 6.52. The second-order valence-electron chi connectivity index (χ2n) is 8.42. The molecule has 0 aliphatic carbocycles.